The number of fused-ring (bicyclic) bond motifs is 1. The van der Waals surface area contributed by atoms with Crippen LogP contribution in [0.3, 0.4) is 0 Å². The number of nitro benzene ring substituents is 1. The molecule has 0 saturated carbocycles. The lowest BCUT2D eigenvalue weighted by Gasteiger charge is -2.01. The monoisotopic (exact) mass is 210 g/mol. The van der Waals surface area contributed by atoms with E-state index in [0.717, 1.165) is 0 Å². The quantitative estimate of drug-likeness (QED) is 0.457. The van der Waals surface area contributed by atoms with Gasteiger partial charge in [0.05, 0.1) is 10.6 Å². The second kappa shape index (κ2) is 3.22. The highest BCUT2D eigenvalue weighted by molar-refractivity contribution is 7.79. The van der Waals surface area contributed by atoms with Gasteiger partial charge in [0.15, 0.2) is 6.23 Å². The van der Waals surface area contributed by atoms with E-state index >= 15 is 0 Å². The summed E-state index contributed by atoms with van der Waals surface area (Å²) >= 11 is 4.70. The summed E-state index contributed by atoms with van der Waals surface area (Å²) in [7, 11) is 0. The standard InChI is InChI=1S/C8H6N2O3S/c11-10(12)5-1-2-7-6(3-5)9-8(4-14)13-7/h1-4,8-9H. The van der Waals surface area contributed by atoms with Crippen molar-refractivity contribution in [1.82, 2.24) is 0 Å². The predicted octanol–water partition coefficient (Wildman–Crippen LogP) is 1.72. The molecule has 2 rings (SSSR count). The third-order valence-electron chi connectivity index (χ3n) is 1.85. The molecule has 0 fully saturated rings. The van der Waals surface area contributed by atoms with E-state index in [1.165, 1.54) is 17.5 Å². The summed E-state index contributed by atoms with van der Waals surface area (Å²) < 4.78 is 5.30. The number of hydrogen-bond acceptors (Lipinski definition) is 5. The van der Waals surface area contributed by atoms with E-state index in [1.54, 1.807) is 6.07 Å². The van der Waals surface area contributed by atoms with E-state index in [0.29, 0.717) is 11.4 Å². The first-order chi connectivity index (χ1) is 6.70. The van der Waals surface area contributed by atoms with Gasteiger partial charge in [0.1, 0.15) is 5.75 Å². The fraction of sp³-hybridized carbons (Fsp3) is 0.125. The molecule has 72 valence electrons. The maximum atomic E-state index is 10.5. The Morgan fingerprint density at radius 3 is 3.07 bits per heavy atom. The Labute approximate surface area is 84.8 Å². The van der Waals surface area contributed by atoms with Gasteiger partial charge in [-0.3, -0.25) is 10.1 Å². The Morgan fingerprint density at radius 2 is 2.43 bits per heavy atom. The molecule has 5 nitrogen and oxygen atoms in total. The summed E-state index contributed by atoms with van der Waals surface area (Å²) in [6.07, 6.45) is -0.373. The Hall–Kier alpha value is -1.69. The van der Waals surface area contributed by atoms with Gasteiger partial charge in [-0.05, 0) is 6.07 Å². The van der Waals surface area contributed by atoms with Gasteiger partial charge >= 0.3 is 0 Å². The maximum absolute atomic E-state index is 10.5. The molecule has 0 aliphatic carbocycles. The van der Waals surface area contributed by atoms with Crippen molar-refractivity contribution in [1.29, 1.82) is 0 Å². The van der Waals surface area contributed by atoms with E-state index in [1.807, 2.05) is 0 Å². The Kier molecular flexibility index (Phi) is 2.05. The van der Waals surface area contributed by atoms with Gasteiger partial charge in [-0.25, -0.2) is 0 Å². The van der Waals surface area contributed by atoms with Crippen LogP contribution in [0.5, 0.6) is 5.75 Å². The van der Waals surface area contributed by atoms with Crippen LogP contribution in [-0.2, 0) is 0 Å². The fourth-order valence-corrected chi connectivity index (χ4v) is 1.35. The molecule has 0 amide bonds. The zero-order valence-electron chi connectivity index (χ0n) is 6.97. The predicted molar refractivity (Wildman–Crippen MR) is 54.8 cm³/mol. The van der Waals surface area contributed by atoms with Crippen molar-refractivity contribution in [3.8, 4) is 5.75 Å². The molecule has 6 heteroatoms. The first kappa shape index (κ1) is 8.89. The normalized spacial score (nSPS) is 17.9. The smallest absolute Gasteiger partial charge is 0.271 e. The van der Waals surface area contributed by atoms with E-state index in [9.17, 15) is 10.1 Å². The first-order valence-electron chi connectivity index (χ1n) is 3.87. The molecule has 1 heterocycles. The third kappa shape index (κ3) is 1.39. The van der Waals surface area contributed by atoms with Crippen LogP contribution in [0.4, 0.5) is 11.4 Å². The van der Waals surface area contributed by atoms with Crippen LogP contribution in [0.1, 0.15) is 0 Å². The van der Waals surface area contributed by atoms with E-state index in [4.69, 9.17) is 17.0 Å². The number of anilines is 1. The van der Waals surface area contributed by atoms with Gasteiger partial charge in [-0.2, -0.15) is 0 Å². The molecular formula is C8H6N2O3S. The van der Waals surface area contributed by atoms with Crippen molar-refractivity contribution in [2.45, 2.75) is 6.23 Å². The lowest BCUT2D eigenvalue weighted by Crippen LogP contribution is -2.20. The number of nitrogens with one attached hydrogen (secondary N) is 1. The maximum Gasteiger partial charge on any atom is 0.271 e. The van der Waals surface area contributed by atoms with Crippen molar-refractivity contribution >= 4 is 29.0 Å². The fourth-order valence-electron chi connectivity index (χ4n) is 1.23. The number of nitrogens with zero attached hydrogens (tertiary/aromatic N) is 1. The molecule has 0 radical (unpaired) electrons. The molecule has 1 aromatic rings. The van der Waals surface area contributed by atoms with Gasteiger partial charge in [0, 0.05) is 17.5 Å². The average Bonchev–Trinajstić information content (AvgIpc) is 2.58. The molecule has 1 unspecified atom stereocenters. The molecule has 1 aliphatic heterocycles. The van der Waals surface area contributed by atoms with Crippen LogP contribution in [0.15, 0.2) is 18.2 Å². The topological polar surface area (TPSA) is 64.4 Å². The van der Waals surface area contributed by atoms with Crippen molar-refractivity contribution in [2.24, 2.45) is 0 Å². The highest BCUT2D eigenvalue weighted by Crippen LogP contribution is 2.34. The molecule has 0 spiro atoms. The Morgan fingerprint density at radius 1 is 1.64 bits per heavy atom. The number of hydrogen-bond donors (Lipinski definition) is 1. The van der Waals surface area contributed by atoms with Crippen LogP contribution in [-0.4, -0.2) is 16.5 Å². The largest absolute Gasteiger partial charge is 0.464 e. The Bertz CT molecular complexity index is 408. The minimum Gasteiger partial charge on any atom is -0.464 e. The zero-order chi connectivity index (χ0) is 10.1. The van der Waals surface area contributed by atoms with Crippen LogP contribution < -0.4 is 10.1 Å². The van der Waals surface area contributed by atoms with Crippen LogP contribution >= 0.6 is 12.2 Å². The van der Waals surface area contributed by atoms with Crippen LogP contribution in [0, 0.1) is 10.1 Å². The van der Waals surface area contributed by atoms with Crippen LogP contribution in [0.25, 0.3) is 0 Å². The first-order valence-corrected chi connectivity index (χ1v) is 4.35. The molecule has 0 aromatic heterocycles. The van der Waals surface area contributed by atoms with Gasteiger partial charge in [-0.1, -0.05) is 12.2 Å². The number of benzene rings is 1. The van der Waals surface area contributed by atoms with Gasteiger partial charge in [0.2, 0.25) is 0 Å². The number of non-ortho nitro benzene ring substituents is 1. The summed E-state index contributed by atoms with van der Waals surface area (Å²) in [6, 6.07) is 4.37. The van der Waals surface area contributed by atoms with Crippen molar-refractivity contribution in [2.75, 3.05) is 5.32 Å². The molecule has 1 atom stereocenters. The zero-order valence-corrected chi connectivity index (χ0v) is 7.78. The van der Waals surface area contributed by atoms with Gasteiger partial charge in [-0.15, -0.1) is 0 Å². The molecule has 1 N–H and O–H groups in total. The minimum absolute atomic E-state index is 0.0323. The summed E-state index contributed by atoms with van der Waals surface area (Å²) in [5, 5.41) is 14.8. The number of ether oxygens (including phenoxy) is 1. The second-order valence-corrected chi connectivity index (χ2v) is 3.03. The SMILES string of the molecule is O=[N+]([O-])c1ccc2c(c1)NC(C=S)O2. The highest BCUT2D eigenvalue weighted by Gasteiger charge is 2.21. The van der Waals surface area contributed by atoms with E-state index in [2.05, 4.69) is 5.32 Å². The Balaban J connectivity index is 2.35. The molecular weight excluding hydrogens is 204 g/mol. The average molecular weight is 210 g/mol. The number of thiocarbonyl (C=S) groups is 1. The lowest BCUT2D eigenvalue weighted by atomic mass is 10.2. The second-order valence-electron chi connectivity index (χ2n) is 2.76. The number of nitro groups is 1. The lowest BCUT2D eigenvalue weighted by molar-refractivity contribution is -0.384. The van der Waals surface area contributed by atoms with Crippen LogP contribution in [0.2, 0.25) is 0 Å². The molecule has 1 aliphatic rings. The van der Waals surface area contributed by atoms with Crippen molar-refractivity contribution in [3.63, 3.8) is 0 Å². The van der Waals surface area contributed by atoms with E-state index < -0.39 is 4.92 Å². The van der Waals surface area contributed by atoms with Crippen molar-refractivity contribution < 1.29 is 9.66 Å². The summed E-state index contributed by atoms with van der Waals surface area (Å²) in [6.45, 7) is 0. The molecule has 0 bridgehead atoms. The van der Waals surface area contributed by atoms with Gasteiger partial charge < -0.3 is 10.1 Å². The highest BCUT2D eigenvalue weighted by atomic mass is 32.1. The van der Waals surface area contributed by atoms with Crippen molar-refractivity contribution in [3.05, 3.63) is 28.3 Å². The summed E-state index contributed by atoms with van der Waals surface area (Å²) in [5.74, 6) is 0.585. The van der Waals surface area contributed by atoms with Gasteiger partial charge in [0.25, 0.3) is 5.69 Å². The van der Waals surface area contributed by atoms with E-state index in [-0.39, 0.29) is 11.9 Å². The number of rotatable bonds is 2. The summed E-state index contributed by atoms with van der Waals surface area (Å²) in [4.78, 5) is 10.0. The summed E-state index contributed by atoms with van der Waals surface area (Å²) in [5.41, 5.74) is 0.634. The molecule has 0 saturated heterocycles. The molecule has 1 aromatic carbocycles. The minimum atomic E-state index is -0.452. The molecule has 14 heavy (non-hydrogen) atoms. The third-order valence-corrected chi connectivity index (χ3v) is 2.10.